The van der Waals surface area contributed by atoms with Crippen molar-refractivity contribution in [1.82, 2.24) is 14.5 Å². The summed E-state index contributed by atoms with van der Waals surface area (Å²) < 4.78 is 8.69. The zero-order valence-electron chi connectivity index (χ0n) is 30.3. The Morgan fingerprint density at radius 3 is 1.68 bits per heavy atom. The van der Waals surface area contributed by atoms with E-state index < -0.39 is 0 Å². The molecule has 11 aromatic rings. The van der Waals surface area contributed by atoms with E-state index in [1.54, 1.807) is 0 Å². The Kier molecular flexibility index (Phi) is 7.46. The van der Waals surface area contributed by atoms with Crippen LogP contribution in [-0.2, 0) is 0 Å². The average Bonchev–Trinajstić information content (AvgIpc) is 3.83. The molecule has 4 nitrogen and oxygen atoms in total. The van der Waals surface area contributed by atoms with Crippen LogP contribution in [0.5, 0.6) is 0 Å². The zero-order chi connectivity index (χ0) is 37.0. The maximum absolute atomic E-state index is 6.40. The number of aromatic nitrogens is 3. The van der Waals surface area contributed by atoms with Crippen molar-refractivity contribution in [3.8, 4) is 61.7 Å². The third kappa shape index (κ3) is 5.31. The lowest BCUT2D eigenvalue weighted by atomic mass is 9.95. The molecule has 0 aliphatic heterocycles. The normalized spacial score (nSPS) is 11.6. The van der Waals surface area contributed by atoms with E-state index in [-0.39, 0.29) is 0 Å². The molecule has 4 heteroatoms. The third-order valence-corrected chi connectivity index (χ3v) is 10.8. The van der Waals surface area contributed by atoms with Gasteiger partial charge in [-0.2, -0.15) is 0 Å². The molecule has 0 bridgehead atoms. The van der Waals surface area contributed by atoms with Crippen molar-refractivity contribution >= 4 is 43.9 Å². The molecule has 3 heterocycles. The topological polar surface area (TPSA) is 43.9 Å². The minimum Gasteiger partial charge on any atom is -0.455 e. The third-order valence-electron chi connectivity index (χ3n) is 10.8. The Balaban J connectivity index is 1.02. The van der Waals surface area contributed by atoms with Crippen LogP contribution in [0.3, 0.4) is 0 Å². The van der Waals surface area contributed by atoms with Gasteiger partial charge in [-0.25, -0.2) is 9.97 Å². The van der Waals surface area contributed by atoms with Crippen LogP contribution in [0.4, 0.5) is 0 Å². The highest BCUT2D eigenvalue weighted by Crippen LogP contribution is 2.40. The molecule has 0 atom stereocenters. The lowest BCUT2D eigenvalue weighted by Crippen LogP contribution is -1.99. The van der Waals surface area contributed by atoms with Gasteiger partial charge in [0, 0.05) is 38.5 Å². The van der Waals surface area contributed by atoms with Crippen molar-refractivity contribution in [1.29, 1.82) is 0 Å². The summed E-state index contributed by atoms with van der Waals surface area (Å²) in [6.45, 7) is 0. The second-order valence-corrected chi connectivity index (χ2v) is 14.2. The fourth-order valence-electron chi connectivity index (χ4n) is 8.17. The summed E-state index contributed by atoms with van der Waals surface area (Å²) in [7, 11) is 0. The van der Waals surface area contributed by atoms with Crippen LogP contribution >= 0.6 is 0 Å². The molecule has 11 rings (SSSR count). The van der Waals surface area contributed by atoms with Gasteiger partial charge >= 0.3 is 0 Å². The average molecular weight is 716 g/mol. The summed E-state index contributed by atoms with van der Waals surface area (Å²) in [6.07, 6.45) is 0. The second kappa shape index (κ2) is 13.1. The number of fused-ring (bicyclic) bond motifs is 6. The summed E-state index contributed by atoms with van der Waals surface area (Å²) in [5.74, 6) is 0.692. The molecule has 0 N–H and O–H groups in total. The van der Waals surface area contributed by atoms with E-state index in [1.165, 1.54) is 0 Å². The summed E-state index contributed by atoms with van der Waals surface area (Å²) in [4.78, 5) is 10.7. The molecule has 0 radical (unpaired) electrons. The molecule has 0 saturated carbocycles. The van der Waals surface area contributed by atoms with Crippen molar-refractivity contribution in [2.45, 2.75) is 0 Å². The molecule has 0 unspecified atom stereocenters. The maximum Gasteiger partial charge on any atom is 0.160 e. The van der Waals surface area contributed by atoms with E-state index in [4.69, 9.17) is 14.4 Å². The monoisotopic (exact) mass is 715 g/mol. The van der Waals surface area contributed by atoms with Gasteiger partial charge in [0.25, 0.3) is 0 Å². The highest BCUT2D eigenvalue weighted by Gasteiger charge is 2.21. The van der Waals surface area contributed by atoms with E-state index in [9.17, 15) is 0 Å². The standard InChI is InChI=1S/C52H33N3O/c1-3-15-34(16-4-1)48-50-49(45-26-7-9-29-46(45)55(50)41-23-5-2-6-24-41)54-52(53-48)40-22-13-20-38(33-40)36-18-11-17-35(31-36)37-19-12-21-39(32-37)42-27-14-28-44-43-25-8-10-30-47(43)56-51(42)44/h1-33H. The Labute approximate surface area is 323 Å². The predicted molar refractivity (Wildman–Crippen MR) is 231 cm³/mol. The summed E-state index contributed by atoms with van der Waals surface area (Å²) in [5.41, 5.74) is 15.5. The maximum atomic E-state index is 6.40. The lowest BCUT2D eigenvalue weighted by molar-refractivity contribution is 0.670. The number of rotatable bonds is 6. The summed E-state index contributed by atoms with van der Waals surface area (Å²) in [6, 6.07) is 70.2. The largest absolute Gasteiger partial charge is 0.455 e. The van der Waals surface area contributed by atoms with Crippen LogP contribution in [0.1, 0.15) is 0 Å². The smallest absolute Gasteiger partial charge is 0.160 e. The predicted octanol–water partition coefficient (Wildman–Crippen LogP) is 13.8. The van der Waals surface area contributed by atoms with E-state index in [2.05, 4.69) is 180 Å². The molecule has 262 valence electrons. The van der Waals surface area contributed by atoms with Crippen molar-refractivity contribution in [2.24, 2.45) is 0 Å². The number of nitrogens with zero attached hydrogens (tertiary/aromatic N) is 3. The molecular weight excluding hydrogens is 683 g/mol. The van der Waals surface area contributed by atoms with Gasteiger partial charge in [-0.15, -0.1) is 0 Å². The first-order valence-corrected chi connectivity index (χ1v) is 18.9. The van der Waals surface area contributed by atoms with Gasteiger partial charge < -0.3 is 8.98 Å². The molecule has 0 spiro atoms. The number of para-hydroxylation sites is 4. The Morgan fingerprint density at radius 1 is 0.393 bits per heavy atom. The molecule has 8 aromatic carbocycles. The first-order valence-electron chi connectivity index (χ1n) is 18.9. The van der Waals surface area contributed by atoms with Crippen molar-refractivity contribution in [3.05, 3.63) is 200 Å². The van der Waals surface area contributed by atoms with Crippen LogP contribution < -0.4 is 0 Å². The van der Waals surface area contributed by atoms with Gasteiger partial charge in [0.05, 0.1) is 16.7 Å². The van der Waals surface area contributed by atoms with Crippen LogP contribution in [-0.4, -0.2) is 14.5 Å². The molecule has 0 amide bonds. The Morgan fingerprint density at radius 2 is 0.929 bits per heavy atom. The van der Waals surface area contributed by atoms with Gasteiger partial charge in [0.2, 0.25) is 0 Å². The quantitative estimate of drug-likeness (QED) is 0.172. The highest BCUT2D eigenvalue weighted by atomic mass is 16.3. The van der Waals surface area contributed by atoms with E-state index in [1.807, 2.05) is 24.3 Å². The molecule has 0 fully saturated rings. The minimum atomic E-state index is 0.692. The summed E-state index contributed by atoms with van der Waals surface area (Å²) >= 11 is 0. The number of hydrogen-bond acceptors (Lipinski definition) is 3. The van der Waals surface area contributed by atoms with E-state index in [0.29, 0.717) is 5.82 Å². The fraction of sp³-hybridized carbons (Fsp3) is 0. The molecule has 0 aliphatic carbocycles. The van der Waals surface area contributed by atoms with Crippen molar-refractivity contribution in [3.63, 3.8) is 0 Å². The van der Waals surface area contributed by atoms with Crippen molar-refractivity contribution < 1.29 is 4.42 Å². The number of hydrogen-bond donors (Lipinski definition) is 0. The fourth-order valence-corrected chi connectivity index (χ4v) is 8.17. The zero-order valence-corrected chi connectivity index (χ0v) is 30.3. The van der Waals surface area contributed by atoms with Gasteiger partial charge in [-0.3, -0.25) is 0 Å². The Hall–Kier alpha value is -7.56. The van der Waals surface area contributed by atoms with Gasteiger partial charge in [-0.1, -0.05) is 158 Å². The van der Waals surface area contributed by atoms with Crippen LogP contribution in [0.2, 0.25) is 0 Å². The molecule has 56 heavy (non-hydrogen) atoms. The van der Waals surface area contributed by atoms with Crippen molar-refractivity contribution in [2.75, 3.05) is 0 Å². The van der Waals surface area contributed by atoms with Gasteiger partial charge in [0.15, 0.2) is 5.82 Å². The first kappa shape index (κ1) is 31.9. The van der Waals surface area contributed by atoms with E-state index in [0.717, 1.165) is 99.8 Å². The Bertz CT molecular complexity index is 3250. The molecule has 0 saturated heterocycles. The lowest BCUT2D eigenvalue weighted by Gasteiger charge is -2.13. The minimum absolute atomic E-state index is 0.692. The van der Waals surface area contributed by atoms with E-state index >= 15 is 0 Å². The summed E-state index contributed by atoms with van der Waals surface area (Å²) in [5, 5.41) is 3.36. The molecule has 3 aromatic heterocycles. The number of benzene rings is 8. The first-order chi connectivity index (χ1) is 27.8. The second-order valence-electron chi connectivity index (χ2n) is 14.2. The van der Waals surface area contributed by atoms with Crippen LogP contribution in [0.25, 0.3) is 106 Å². The van der Waals surface area contributed by atoms with Gasteiger partial charge in [0.1, 0.15) is 16.7 Å². The molecule has 0 aliphatic rings. The molecular formula is C52H33N3O. The number of furan rings is 1. The highest BCUT2D eigenvalue weighted by molar-refractivity contribution is 6.12. The SMILES string of the molecule is c1ccc(-c2nc(-c3cccc(-c4cccc(-c5cccc(-c6cccc7c6oc6ccccc67)c5)c4)c3)nc3c4ccccc4n(-c4ccccc4)c23)cc1. The van der Waals surface area contributed by atoms with Gasteiger partial charge in [-0.05, 0) is 70.3 Å². The van der Waals surface area contributed by atoms with Crippen LogP contribution in [0, 0.1) is 0 Å². The van der Waals surface area contributed by atoms with Crippen LogP contribution in [0.15, 0.2) is 205 Å².